The summed E-state index contributed by atoms with van der Waals surface area (Å²) in [7, 11) is -4.12. The number of nitrogens with zero attached hydrogens (tertiary/aromatic N) is 3. The summed E-state index contributed by atoms with van der Waals surface area (Å²) in [6, 6.07) is 5.53. The number of rotatable bonds is 6. The molecular formula is C25H28ClN5O5S. The van der Waals surface area contributed by atoms with Crippen molar-refractivity contribution in [2.24, 2.45) is 5.92 Å². The maximum atomic E-state index is 13.3. The van der Waals surface area contributed by atoms with Crippen molar-refractivity contribution >= 4 is 39.3 Å². The first-order valence-electron chi connectivity index (χ1n) is 12.1. The van der Waals surface area contributed by atoms with Crippen molar-refractivity contribution in [1.82, 2.24) is 19.4 Å². The number of nitrogens with one attached hydrogen (secondary N) is 2. The Morgan fingerprint density at radius 3 is 2.54 bits per heavy atom. The zero-order chi connectivity index (χ0) is 26.3. The quantitative estimate of drug-likeness (QED) is 0.365. The number of carbonyl (C=O) groups excluding carboxylic acids is 1. The number of amidine groups is 1. The first kappa shape index (κ1) is 25.5. The highest BCUT2D eigenvalue weighted by Crippen LogP contribution is 2.31. The molecule has 3 aliphatic heterocycles. The van der Waals surface area contributed by atoms with Crippen molar-refractivity contribution in [3.8, 4) is 0 Å². The number of hydrogen-bond acceptors (Lipinski definition) is 6. The molecule has 0 aromatic heterocycles. The molecule has 1 amide bonds. The van der Waals surface area contributed by atoms with Gasteiger partial charge in [0.15, 0.2) is 0 Å². The molecule has 1 aromatic rings. The molecule has 3 atom stereocenters. The molecular weight excluding hydrogens is 518 g/mol. The van der Waals surface area contributed by atoms with Crippen LogP contribution >= 0.6 is 11.6 Å². The van der Waals surface area contributed by atoms with Gasteiger partial charge in [-0.15, -0.1) is 0 Å². The first-order chi connectivity index (χ1) is 17.6. The molecule has 0 spiro atoms. The number of hydrogen-bond donors (Lipinski definition) is 3. The van der Waals surface area contributed by atoms with Gasteiger partial charge in [0.1, 0.15) is 16.9 Å². The zero-order valence-electron chi connectivity index (χ0n) is 20.0. The van der Waals surface area contributed by atoms with Gasteiger partial charge in [0, 0.05) is 42.7 Å². The van der Waals surface area contributed by atoms with Gasteiger partial charge < -0.3 is 20.2 Å². The van der Waals surface area contributed by atoms with Gasteiger partial charge >= 0.3 is 5.97 Å². The van der Waals surface area contributed by atoms with Crippen molar-refractivity contribution in [1.29, 1.82) is 5.41 Å². The third-order valence-electron chi connectivity index (χ3n) is 7.17. The van der Waals surface area contributed by atoms with Crippen LogP contribution in [0.15, 0.2) is 58.6 Å². The molecule has 1 aromatic carbocycles. The second kappa shape index (κ2) is 9.96. The predicted octanol–water partition coefficient (Wildman–Crippen LogP) is 1.66. The predicted molar refractivity (Wildman–Crippen MR) is 138 cm³/mol. The third-order valence-corrected chi connectivity index (χ3v) is 9.19. The van der Waals surface area contributed by atoms with Gasteiger partial charge in [-0.25, -0.2) is 13.2 Å². The molecule has 0 saturated carbocycles. The number of carboxylic acid groups (broad SMARTS) is 1. The van der Waals surface area contributed by atoms with Crippen molar-refractivity contribution in [3.63, 3.8) is 0 Å². The van der Waals surface area contributed by atoms with Gasteiger partial charge in [-0.05, 0) is 30.6 Å². The minimum Gasteiger partial charge on any atom is -0.480 e. The number of amides is 1. The molecule has 12 heteroatoms. The lowest BCUT2D eigenvalue weighted by Crippen LogP contribution is -2.60. The van der Waals surface area contributed by atoms with Crippen LogP contribution in [-0.4, -0.2) is 83.6 Å². The van der Waals surface area contributed by atoms with E-state index in [-0.39, 0.29) is 30.1 Å². The van der Waals surface area contributed by atoms with Gasteiger partial charge in [0.25, 0.3) is 10.0 Å². The van der Waals surface area contributed by atoms with E-state index in [0.717, 1.165) is 35.8 Å². The van der Waals surface area contributed by atoms with Crippen LogP contribution in [-0.2, 0) is 26.2 Å². The van der Waals surface area contributed by atoms with Gasteiger partial charge in [-0.3, -0.25) is 10.2 Å². The summed E-state index contributed by atoms with van der Waals surface area (Å²) in [4.78, 5) is 28.4. The Kier molecular flexibility index (Phi) is 6.86. The average Bonchev–Trinajstić information content (AvgIpc) is 3.55. The molecule has 3 N–H and O–H groups in total. The number of piperazine rings is 1. The highest BCUT2D eigenvalue weighted by molar-refractivity contribution is 7.93. The zero-order valence-corrected chi connectivity index (χ0v) is 21.6. The maximum Gasteiger partial charge on any atom is 0.327 e. The van der Waals surface area contributed by atoms with E-state index < -0.39 is 34.5 Å². The fourth-order valence-corrected chi connectivity index (χ4v) is 6.83. The second-order valence-corrected chi connectivity index (χ2v) is 11.9. The Hall–Kier alpha value is -3.15. The van der Waals surface area contributed by atoms with Gasteiger partial charge in [-0.2, -0.15) is 4.31 Å². The summed E-state index contributed by atoms with van der Waals surface area (Å²) < 4.78 is 27.6. The van der Waals surface area contributed by atoms with E-state index in [1.54, 1.807) is 48.6 Å². The van der Waals surface area contributed by atoms with Crippen LogP contribution in [0.3, 0.4) is 0 Å². The minimum absolute atomic E-state index is 0.0280. The molecule has 2 fully saturated rings. The molecule has 37 heavy (non-hydrogen) atoms. The number of likely N-dealkylation sites (tertiary alicyclic amines) is 1. The van der Waals surface area contributed by atoms with Crippen LogP contribution in [0.4, 0.5) is 0 Å². The molecule has 0 radical (unpaired) electrons. The van der Waals surface area contributed by atoms with E-state index in [1.165, 1.54) is 4.90 Å². The molecule has 10 nitrogen and oxygen atoms in total. The monoisotopic (exact) mass is 545 g/mol. The number of allylic oxidation sites excluding steroid dienone is 2. The van der Waals surface area contributed by atoms with Crippen LogP contribution in [0.25, 0.3) is 0 Å². The fourth-order valence-electron chi connectivity index (χ4n) is 5.10. The molecule has 4 aliphatic rings. The van der Waals surface area contributed by atoms with Crippen LogP contribution < -0.4 is 5.32 Å². The topological polar surface area (TPSA) is 134 Å². The highest BCUT2D eigenvalue weighted by Gasteiger charge is 2.44. The number of aliphatic carboxylic acids is 1. The Balaban J connectivity index is 1.30. The third kappa shape index (κ3) is 5.03. The van der Waals surface area contributed by atoms with Crippen molar-refractivity contribution in [2.75, 3.05) is 26.2 Å². The van der Waals surface area contributed by atoms with Crippen LogP contribution in [0.2, 0.25) is 0 Å². The summed E-state index contributed by atoms with van der Waals surface area (Å²) in [6.45, 7) is 0.932. The SMILES string of the molecule is N=C(c1ccc(CN2C(=O)CN(S(=O)(=O)C3=CC4C=C(Cl)C=CC4N3)C[C@@H]2C(=O)O)cc1)N1CCCC1. The van der Waals surface area contributed by atoms with Crippen molar-refractivity contribution in [2.45, 2.75) is 31.5 Å². The van der Waals surface area contributed by atoms with E-state index in [2.05, 4.69) is 5.32 Å². The Bertz CT molecular complexity index is 1320. The van der Waals surface area contributed by atoms with Gasteiger partial charge in [0.2, 0.25) is 5.91 Å². The smallest absolute Gasteiger partial charge is 0.327 e. The van der Waals surface area contributed by atoms with Crippen LogP contribution in [0, 0.1) is 11.3 Å². The largest absolute Gasteiger partial charge is 0.480 e. The summed E-state index contributed by atoms with van der Waals surface area (Å²) in [5.41, 5.74) is 1.46. The summed E-state index contributed by atoms with van der Waals surface area (Å²) in [5, 5.41) is 21.7. The highest BCUT2D eigenvalue weighted by atomic mass is 35.5. The molecule has 2 saturated heterocycles. The van der Waals surface area contributed by atoms with E-state index in [4.69, 9.17) is 17.0 Å². The van der Waals surface area contributed by atoms with Crippen LogP contribution in [0.1, 0.15) is 24.0 Å². The first-order valence-corrected chi connectivity index (χ1v) is 13.9. The molecule has 1 aliphatic carbocycles. The van der Waals surface area contributed by atoms with E-state index >= 15 is 0 Å². The van der Waals surface area contributed by atoms with E-state index in [9.17, 15) is 23.1 Å². The van der Waals surface area contributed by atoms with Gasteiger partial charge in [-0.1, -0.05) is 48.0 Å². The van der Waals surface area contributed by atoms with Crippen molar-refractivity contribution < 1.29 is 23.1 Å². The Labute approximate surface area is 220 Å². The summed E-state index contributed by atoms with van der Waals surface area (Å²) >= 11 is 6.03. The maximum absolute atomic E-state index is 13.3. The fraction of sp³-hybridized carbons (Fsp3) is 0.400. The number of carbonyl (C=O) groups is 2. The number of carboxylic acids is 1. The summed E-state index contributed by atoms with van der Waals surface area (Å²) in [5.74, 6) is -1.66. The van der Waals surface area contributed by atoms with Gasteiger partial charge in [0.05, 0.1) is 12.6 Å². The lowest BCUT2D eigenvalue weighted by molar-refractivity contribution is -0.154. The molecule has 196 valence electrons. The standard InChI is InChI=1S/C25H28ClN5O5S/c26-19-7-8-20-18(11-19)12-22(28-20)37(35,36)30-14-21(25(33)34)31(23(32)15-30)13-16-3-5-17(6-4-16)24(27)29-9-1-2-10-29/h3-8,11-12,18,20-21,27-28H,1-2,9-10,13-15H2,(H,33,34)/t18?,20?,21-/m1/s1. The number of halogens is 1. The van der Waals surface area contributed by atoms with E-state index in [1.807, 2.05) is 4.90 Å². The normalized spacial score (nSPS) is 26.0. The molecule has 5 rings (SSSR count). The average molecular weight is 546 g/mol. The van der Waals surface area contributed by atoms with E-state index in [0.29, 0.717) is 16.4 Å². The number of fused-ring (bicyclic) bond motifs is 1. The molecule has 3 heterocycles. The number of benzene rings is 1. The molecule has 0 bridgehead atoms. The second-order valence-electron chi connectivity index (χ2n) is 9.60. The minimum atomic E-state index is -4.12. The summed E-state index contributed by atoms with van der Waals surface area (Å²) in [6.07, 6.45) is 8.87. The number of sulfonamides is 1. The lowest BCUT2D eigenvalue weighted by atomic mass is 9.98. The van der Waals surface area contributed by atoms with Crippen molar-refractivity contribution in [3.05, 3.63) is 69.8 Å². The Morgan fingerprint density at radius 1 is 1.16 bits per heavy atom. The van der Waals surface area contributed by atoms with Crippen LogP contribution in [0.5, 0.6) is 0 Å². The lowest BCUT2D eigenvalue weighted by Gasteiger charge is -2.38. The Morgan fingerprint density at radius 2 is 1.86 bits per heavy atom. The molecule has 2 unspecified atom stereocenters.